The van der Waals surface area contributed by atoms with Crippen molar-refractivity contribution in [3.8, 4) is 11.8 Å². The highest BCUT2D eigenvalue weighted by Crippen LogP contribution is 2.37. The van der Waals surface area contributed by atoms with E-state index < -0.39 is 24.8 Å². The second-order valence-corrected chi connectivity index (χ2v) is 9.08. The van der Waals surface area contributed by atoms with E-state index >= 15 is 0 Å². The Bertz CT molecular complexity index is 1100. The molecule has 180 valence electrons. The van der Waals surface area contributed by atoms with Crippen LogP contribution in [0.15, 0.2) is 48.0 Å². The Morgan fingerprint density at radius 2 is 1.91 bits per heavy atom. The molecule has 3 rings (SSSR count). The number of carbonyl (C=O) groups excluding carboxylic acids is 1. The van der Waals surface area contributed by atoms with Crippen LogP contribution in [-0.2, 0) is 16.0 Å². The highest BCUT2D eigenvalue weighted by Gasteiger charge is 2.30. The largest absolute Gasteiger partial charge is 0.493 e. The van der Waals surface area contributed by atoms with E-state index in [9.17, 15) is 18.8 Å². The minimum Gasteiger partial charge on any atom is -0.493 e. The molecule has 5 nitrogen and oxygen atoms in total. The summed E-state index contributed by atoms with van der Waals surface area (Å²) in [6.07, 6.45) is -2.05. The van der Waals surface area contributed by atoms with Gasteiger partial charge in [0.1, 0.15) is 17.4 Å². The SMILES string of the molecule is COC(C)(C)CCOc1ccc(C2CC(c3ccc(C)cc3)=C(C#N)C(=O)N2)c(CC(F)F)c1. The Labute approximate surface area is 199 Å². The van der Waals surface area contributed by atoms with Crippen molar-refractivity contribution in [2.75, 3.05) is 13.7 Å². The summed E-state index contributed by atoms with van der Waals surface area (Å²) in [5.74, 6) is -0.0140. The summed E-state index contributed by atoms with van der Waals surface area (Å²) in [5.41, 5.74) is 3.15. The monoisotopic (exact) mass is 468 g/mol. The van der Waals surface area contributed by atoms with E-state index in [0.717, 1.165) is 11.1 Å². The lowest BCUT2D eigenvalue weighted by atomic mass is 9.85. The number of nitriles is 1. The van der Waals surface area contributed by atoms with E-state index in [1.54, 1.807) is 25.3 Å². The van der Waals surface area contributed by atoms with Crippen LogP contribution in [0.4, 0.5) is 8.78 Å². The molecule has 1 amide bonds. The number of aryl methyl sites for hydroxylation is 1. The number of hydrogen-bond donors (Lipinski definition) is 1. The van der Waals surface area contributed by atoms with Crippen LogP contribution in [-0.4, -0.2) is 31.7 Å². The Kier molecular flexibility index (Phi) is 8.06. The zero-order valence-corrected chi connectivity index (χ0v) is 20.0. The van der Waals surface area contributed by atoms with E-state index in [4.69, 9.17) is 9.47 Å². The van der Waals surface area contributed by atoms with Crippen LogP contribution in [0.1, 0.15) is 55.0 Å². The summed E-state index contributed by atoms with van der Waals surface area (Å²) in [7, 11) is 1.63. The molecule has 0 bridgehead atoms. The van der Waals surface area contributed by atoms with E-state index in [-0.39, 0.29) is 11.2 Å². The molecule has 0 saturated carbocycles. The van der Waals surface area contributed by atoms with Crippen molar-refractivity contribution in [2.45, 2.75) is 58.1 Å². The van der Waals surface area contributed by atoms with Gasteiger partial charge in [-0.1, -0.05) is 35.9 Å². The number of hydrogen-bond acceptors (Lipinski definition) is 4. The summed E-state index contributed by atoms with van der Waals surface area (Å²) in [5, 5.41) is 12.4. The summed E-state index contributed by atoms with van der Waals surface area (Å²) in [4.78, 5) is 12.7. The summed E-state index contributed by atoms with van der Waals surface area (Å²) < 4.78 is 38.0. The van der Waals surface area contributed by atoms with Crippen molar-refractivity contribution in [1.82, 2.24) is 5.32 Å². The molecule has 1 aliphatic heterocycles. The number of alkyl halides is 2. The third kappa shape index (κ3) is 6.21. The molecule has 0 fully saturated rings. The third-order valence-electron chi connectivity index (χ3n) is 6.14. The number of rotatable bonds is 9. The van der Waals surface area contributed by atoms with Gasteiger partial charge in [0.15, 0.2) is 0 Å². The van der Waals surface area contributed by atoms with Crippen LogP contribution in [0.25, 0.3) is 5.57 Å². The minimum atomic E-state index is -2.55. The van der Waals surface area contributed by atoms with Crippen LogP contribution in [0.2, 0.25) is 0 Å². The molecule has 0 aromatic heterocycles. The van der Waals surface area contributed by atoms with Gasteiger partial charge >= 0.3 is 0 Å². The molecule has 1 N–H and O–H groups in total. The molecule has 0 aliphatic carbocycles. The standard InChI is InChI=1S/C27H30F2N2O3/c1-17-5-7-18(8-6-17)22-15-24(31-26(32)23(22)16-30)21-10-9-20(13-19(21)14-25(28)29)34-12-11-27(2,3)33-4/h5-10,13,24-25H,11-12,14-15H2,1-4H3,(H,31,32). The number of benzene rings is 2. The Morgan fingerprint density at radius 3 is 2.53 bits per heavy atom. The zero-order chi connectivity index (χ0) is 24.9. The van der Waals surface area contributed by atoms with Gasteiger partial charge in [0.2, 0.25) is 6.43 Å². The van der Waals surface area contributed by atoms with Crippen LogP contribution in [0.5, 0.6) is 5.75 Å². The summed E-state index contributed by atoms with van der Waals surface area (Å²) >= 11 is 0. The fourth-order valence-electron chi connectivity index (χ4n) is 3.92. The first kappa shape index (κ1) is 25.4. The van der Waals surface area contributed by atoms with Crippen molar-refractivity contribution in [3.05, 3.63) is 70.3 Å². The molecule has 2 aromatic rings. The molecular formula is C27H30F2N2O3. The van der Waals surface area contributed by atoms with Crippen molar-refractivity contribution in [3.63, 3.8) is 0 Å². The van der Waals surface area contributed by atoms with Gasteiger partial charge in [-0.25, -0.2) is 8.78 Å². The molecule has 7 heteroatoms. The minimum absolute atomic E-state index is 0.0521. The first-order chi connectivity index (χ1) is 16.1. The quantitative estimate of drug-likeness (QED) is 0.525. The van der Waals surface area contributed by atoms with Gasteiger partial charge in [-0.2, -0.15) is 5.26 Å². The molecule has 2 aromatic carbocycles. The maximum absolute atomic E-state index is 13.4. The van der Waals surface area contributed by atoms with Crippen molar-refractivity contribution in [2.24, 2.45) is 0 Å². The lowest BCUT2D eigenvalue weighted by molar-refractivity contribution is -0.118. The van der Waals surface area contributed by atoms with Gasteiger partial charge in [0.05, 0.1) is 18.2 Å². The lowest BCUT2D eigenvalue weighted by Gasteiger charge is -2.28. The summed E-state index contributed by atoms with van der Waals surface area (Å²) in [6, 6.07) is 14.1. The van der Waals surface area contributed by atoms with Crippen LogP contribution in [0, 0.1) is 18.3 Å². The number of nitrogens with zero attached hydrogens (tertiary/aromatic N) is 1. The molecule has 0 spiro atoms. The number of amides is 1. The fourth-order valence-corrected chi connectivity index (χ4v) is 3.92. The topological polar surface area (TPSA) is 71.3 Å². The average Bonchev–Trinajstić information content (AvgIpc) is 2.79. The molecule has 1 aliphatic rings. The van der Waals surface area contributed by atoms with Gasteiger partial charge in [-0.15, -0.1) is 0 Å². The van der Waals surface area contributed by atoms with Crippen LogP contribution < -0.4 is 10.1 Å². The second kappa shape index (κ2) is 10.8. The van der Waals surface area contributed by atoms with Gasteiger partial charge in [0.25, 0.3) is 5.91 Å². The van der Waals surface area contributed by atoms with Crippen molar-refractivity contribution in [1.29, 1.82) is 5.26 Å². The normalized spacial score (nSPS) is 16.4. The Morgan fingerprint density at radius 1 is 1.21 bits per heavy atom. The molecular weight excluding hydrogens is 438 g/mol. The fraction of sp³-hybridized carbons (Fsp3) is 0.407. The molecule has 34 heavy (non-hydrogen) atoms. The maximum Gasteiger partial charge on any atom is 0.262 e. The predicted molar refractivity (Wildman–Crippen MR) is 127 cm³/mol. The van der Waals surface area contributed by atoms with Gasteiger partial charge in [0, 0.05) is 20.0 Å². The van der Waals surface area contributed by atoms with Crippen LogP contribution in [0.3, 0.4) is 0 Å². The van der Waals surface area contributed by atoms with Crippen molar-refractivity contribution < 1.29 is 23.0 Å². The van der Waals surface area contributed by atoms with E-state index in [2.05, 4.69) is 5.32 Å². The van der Waals surface area contributed by atoms with Gasteiger partial charge in [-0.3, -0.25) is 4.79 Å². The highest BCUT2D eigenvalue weighted by atomic mass is 19.3. The lowest BCUT2D eigenvalue weighted by Crippen LogP contribution is -2.35. The van der Waals surface area contributed by atoms with Crippen molar-refractivity contribution >= 4 is 11.5 Å². The predicted octanol–water partition coefficient (Wildman–Crippen LogP) is 5.53. The molecule has 0 saturated heterocycles. The number of nitrogens with one attached hydrogen (secondary N) is 1. The van der Waals surface area contributed by atoms with Gasteiger partial charge in [-0.05, 0) is 61.6 Å². The number of ether oxygens (including phenoxy) is 2. The second-order valence-electron chi connectivity index (χ2n) is 9.08. The molecule has 0 radical (unpaired) electrons. The van der Waals surface area contributed by atoms with E-state index in [1.807, 2.05) is 51.1 Å². The third-order valence-corrected chi connectivity index (χ3v) is 6.14. The number of methoxy groups -OCH3 is 1. The Hall–Kier alpha value is -3.24. The number of carbonyl (C=O) groups is 1. The maximum atomic E-state index is 13.4. The number of halogens is 2. The van der Waals surface area contributed by atoms with E-state index in [1.165, 1.54) is 0 Å². The molecule has 1 atom stereocenters. The first-order valence-corrected chi connectivity index (χ1v) is 11.2. The smallest absolute Gasteiger partial charge is 0.262 e. The van der Waals surface area contributed by atoms with Gasteiger partial charge < -0.3 is 14.8 Å². The summed E-state index contributed by atoms with van der Waals surface area (Å²) in [6.45, 7) is 6.22. The average molecular weight is 469 g/mol. The zero-order valence-electron chi connectivity index (χ0n) is 20.0. The van der Waals surface area contributed by atoms with Crippen LogP contribution >= 0.6 is 0 Å². The Balaban J connectivity index is 1.90. The molecule has 1 unspecified atom stereocenters. The molecule has 1 heterocycles. The first-order valence-electron chi connectivity index (χ1n) is 11.2. The highest BCUT2D eigenvalue weighted by molar-refractivity contribution is 6.06. The van der Waals surface area contributed by atoms with E-state index in [0.29, 0.717) is 41.9 Å².